The molecule has 5 rings (SSSR count). The quantitative estimate of drug-likeness (QED) is 0.492. The number of carbonyl (C=O) groups is 2. The maximum Gasteiger partial charge on any atom is 0.167 e. The number of hydrogen-bond donors (Lipinski definition) is 1. The van der Waals surface area contributed by atoms with E-state index in [1.54, 1.807) is 6.92 Å². The molecule has 2 heterocycles. The Morgan fingerprint density at radius 3 is 2.82 bits per heavy atom. The molecule has 33 heavy (non-hydrogen) atoms. The highest BCUT2D eigenvalue weighted by molar-refractivity contribution is 6.00. The Balaban J connectivity index is 1.28. The van der Waals surface area contributed by atoms with Gasteiger partial charge in [0.05, 0.1) is 29.8 Å². The summed E-state index contributed by atoms with van der Waals surface area (Å²) in [5.41, 5.74) is 9.42. The van der Waals surface area contributed by atoms with Gasteiger partial charge in [0.25, 0.3) is 0 Å². The van der Waals surface area contributed by atoms with Crippen LogP contribution < -0.4 is 5.32 Å². The van der Waals surface area contributed by atoms with E-state index in [1.165, 1.54) is 0 Å². The van der Waals surface area contributed by atoms with Crippen molar-refractivity contribution in [1.82, 2.24) is 4.98 Å². The lowest BCUT2D eigenvalue weighted by atomic mass is 9.98. The van der Waals surface area contributed by atoms with Crippen LogP contribution in [0.5, 0.6) is 0 Å². The second-order valence-corrected chi connectivity index (χ2v) is 8.62. The van der Waals surface area contributed by atoms with Gasteiger partial charge in [-0.25, -0.2) is 0 Å². The number of fused-ring (bicyclic) bond motifs is 2. The molecule has 2 aliphatic rings. The summed E-state index contributed by atoms with van der Waals surface area (Å²) in [5, 5.41) is 11.6. The largest absolute Gasteiger partial charge is 0.380 e. The average molecular weight is 437 g/mol. The summed E-state index contributed by atoms with van der Waals surface area (Å²) in [6.45, 7) is 4.87. The van der Waals surface area contributed by atoms with Gasteiger partial charge in [-0.1, -0.05) is 30.3 Å². The SMILES string of the molecule is CC(=O)C1=Cc2cc(NCc3cc(CC(=O)c4ccc5c(c4)N=NC5)ccc3C)cnc2C1. The van der Waals surface area contributed by atoms with Gasteiger partial charge >= 0.3 is 0 Å². The average Bonchev–Trinajstić information content (AvgIpc) is 3.45. The van der Waals surface area contributed by atoms with Crippen molar-refractivity contribution in [2.45, 2.75) is 39.8 Å². The second-order valence-electron chi connectivity index (χ2n) is 8.62. The molecule has 1 aliphatic carbocycles. The van der Waals surface area contributed by atoms with E-state index in [-0.39, 0.29) is 11.6 Å². The smallest absolute Gasteiger partial charge is 0.167 e. The number of hydrogen-bond acceptors (Lipinski definition) is 6. The summed E-state index contributed by atoms with van der Waals surface area (Å²) >= 11 is 0. The van der Waals surface area contributed by atoms with E-state index in [4.69, 9.17) is 0 Å². The van der Waals surface area contributed by atoms with Crippen LogP contribution in [-0.2, 0) is 30.7 Å². The summed E-state index contributed by atoms with van der Waals surface area (Å²) < 4.78 is 0. The minimum atomic E-state index is 0.0681. The maximum absolute atomic E-state index is 12.8. The first kappa shape index (κ1) is 20.9. The highest BCUT2D eigenvalue weighted by atomic mass is 16.1. The molecule has 0 unspecified atom stereocenters. The molecule has 6 heteroatoms. The van der Waals surface area contributed by atoms with Crippen molar-refractivity contribution in [3.63, 3.8) is 0 Å². The Kier molecular flexibility index (Phi) is 5.42. The van der Waals surface area contributed by atoms with Gasteiger partial charge in [0, 0.05) is 36.1 Å². The zero-order valence-electron chi connectivity index (χ0n) is 18.7. The Morgan fingerprint density at radius 1 is 1.09 bits per heavy atom. The van der Waals surface area contributed by atoms with Crippen molar-refractivity contribution >= 4 is 29.0 Å². The summed E-state index contributed by atoms with van der Waals surface area (Å²) in [4.78, 5) is 29.0. The van der Waals surface area contributed by atoms with E-state index in [1.807, 2.05) is 42.6 Å². The van der Waals surface area contributed by atoms with Crippen LogP contribution >= 0.6 is 0 Å². The van der Waals surface area contributed by atoms with Crippen molar-refractivity contribution in [1.29, 1.82) is 0 Å². The van der Waals surface area contributed by atoms with Crippen molar-refractivity contribution < 1.29 is 9.59 Å². The summed E-state index contributed by atoms with van der Waals surface area (Å²) in [5.74, 6) is 0.160. The van der Waals surface area contributed by atoms with E-state index < -0.39 is 0 Å². The van der Waals surface area contributed by atoms with Gasteiger partial charge in [-0.2, -0.15) is 10.2 Å². The zero-order valence-corrected chi connectivity index (χ0v) is 18.7. The second kappa shape index (κ2) is 8.54. The van der Waals surface area contributed by atoms with Gasteiger partial charge in [-0.15, -0.1) is 0 Å². The van der Waals surface area contributed by atoms with Crippen LogP contribution in [0.2, 0.25) is 0 Å². The molecule has 6 nitrogen and oxygen atoms in total. The van der Waals surface area contributed by atoms with Crippen LogP contribution in [0.15, 0.2) is 64.5 Å². The molecule has 1 aromatic heterocycles. The Labute approximate surface area is 192 Å². The van der Waals surface area contributed by atoms with E-state index >= 15 is 0 Å². The molecular weight excluding hydrogens is 412 g/mol. The number of benzene rings is 2. The van der Waals surface area contributed by atoms with E-state index in [0.29, 0.717) is 31.5 Å². The molecule has 0 saturated heterocycles. The zero-order chi connectivity index (χ0) is 22.9. The van der Waals surface area contributed by atoms with Gasteiger partial charge in [-0.3, -0.25) is 14.6 Å². The number of carbonyl (C=O) groups excluding carboxylic acids is 2. The van der Waals surface area contributed by atoms with Crippen molar-refractivity contribution in [3.05, 3.63) is 93.3 Å². The molecular formula is C27H24N4O2. The fourth-order valence-electron chi connectivity index (χ4n) is 4.19. The molecule has 3 aromatic rings. The molecule has 0 spiro atoms. The number of aromatic nitrogens is 1. The number of pyridine rings is 1. The molecule has 0 saturated carbocycles. The van der Waals surface area contributed by atoms with Crippen molar-refractivity contribution in [3.8, 4) is 0 Å². The highest BCUT2D eigenvalue weighted by Crippen LogP contribution is 2.29. The van der Waals surface area contributed by atoms with Crippen LogP contribution in [0.25, 0.3) is 6.08 Å². The van der Waals surface area contributed by atoms with Crippen LogP contribution in [0.4, 0.5) is 11.4 Å². The number of nitrogens with one attached hydrogen (secondary N) is 1. The number of Topliss-reactive ketones (excluding diaryl/α,β-unsaturated/α-hetero) is 2. The lowest BCUT2D eigenvalue weighted by molar-refractivity contribution is -0.113. The Hall–Kier alpha value is -3.93. The Bertz CT molecular complexity index is 1350. The molecule has 0 fully saturated rings. The van der Waals surface area contributed by atoms with E-state index in [2.05, 4.69) is 39.6 Å². The maximum atomic E-state index is 12.8. The molecule has 0 radical (unpaired) electrons. The van der Waals surface area contributed by atoms with Crippen LogP contribution in [-0.4, -0.2) is 16.6 Å². The van der Waals surface area contributed by atoms with Gasteiger partial charge in [0.2, 0.25) is 0 Å². The number of ketones is 2. The van der Waals surface area contributed by atoms with Crippen LogP contribution in [0.1, 0.15) is 50.8 Å². The molecule has 164 valence electrons. The van der Waals surface area contributed by atoms with Gasteiger partial charge in [0.1, 0.15) is 0 Å². The minimum Gasteiger partial charge on any atom is -0.380 e. The molecule has 2 aromatic carbocycles. The fourth-order valence-corrected chi connectivity index (χ4v) is 4.19. The first-order valence-corrected chi connectivity index (χ1v) is 11.0. The topological polar surface area (TPSA) is 83.8 Å². The third-order valence-electron chi connectivity index (χ3n) is 6.23. The lowest BCUT2D eigenvalue weighted by Gasteiger charge is -2.12. The monoisotopic (exact) mass is 436 g/mol. The predicted octanol–water partition coefficient (Wildman–Crippen LogP) is 5.55. The fraction of sp³-hybridized carbons (Fsp3) is 0.222. The standard InChI is InChI=1S/C27H24N4O2/c1-16-3-4-18(8-27(33)19-5-6-20-14-30-31-26(20)11-19)7-23(16)13-28-24-10-22-9-21(17(2)32)12-25(22)29-15-24/h3-7,9-11,15,28H,8,12-14H2,1-2H3. The van der Waals surface area contributed by atoms with E-state index in [9.17, 15) is 9.59 Å². The number of azo groups is 1. The summed E-state index contributed by atoms with van der Waals surface area (Å²) in [6, 6.07) is 13.8. The normalized spacial score (nSPS) is 13.5. The summed E-state index contributed by atoms with van der Waals surface area (Å²) in [7, 11) is 0. The predicted molar refractivity (Wildman–Crippen MR) is 128 cm³/mol. The van der Waals surface area contributed by atoms with Gasteiger partial charge < -0.3 is 5.32 Å². The van der Waals surface area contributed by atoms with Gasteiger partial charge in [0.15, 0.2) is 11.6 Å². The number of rotatable bonds is 7. The first-order valence-electron chi connectivity index (χ1n) is 11.0. The number of nitrogens with zero attached hydrogens (tertiary/aromatic N) is 3. The third-order valence-corrected chi connectivity index (χ3v) is 6.23. The lowest BCUT2D eigenvalue weighted by Crippen LogP contribution is -2.07. The van der Waals surface area contributed by atoms with E-state index in [0.717, 1.165) is 50.5 Å². The number of aryl methyl sites for hydroxylation is 1. The van der Waals surface area contributed by atoms with Crippen molar-refractivity contribution in [2.75, 3.05) is 5.32 Å². The first-order chi connectivity index (χ1) is 16.0. The summed E-state index contributed by atoms with van der Waals surface area (Å²) in [6.07, 6.45) is 4.67. The minimum absolute atomic E-state index is 0.0681. The van der Waals surface area contributed by atoms with Crippen molar-refractivity contribution in [2.24, 2.45) is 10.2 Å². The number of allylic oxidation sites excluding steroid dienone is 1. The van der Waals surface area contributed by atoms with Crippen LogP contribution in [0.3, 0.4) is 0 Å². The molecule has 1 aliphatic heterocycles. The molecule has 0 atom stereocenters. The Morgan fingerprint density at radius 2 is 1.97 bits per heavy atom. The third kappa shape index (κ3) is 4.37. The molecule has 0 amide bonds. The number of anilines is 1. The molecule has 1 N–H and O–H groups in total. The molecule has 0 bridgehead atoms. The van der Waals surface area contributed by atoms with Gasteiger partial charge in [-0.05, 0) is 54.3 Å². The van der Waals surface area contributed by atoms with Crippen LogP contribution in [0, 0.1) is 6.92 Å². The highest BCUT2D eigenvalue weighted by Gasteiger charge is 2.17.